The maximum atomic E-state index is 12.4. The Balaban J connectivity index is 1.31. The molecule has 9 nitrogen and oxygen atoms in total. The molecule has 3 aromatic carbocycles. The Morgan fingerprint density at radius 1 is 0.818 bits per heavy atom. The predicted molar refractivity (Wildman–Crippen MR) is 171 cm³/mol. The molecule has 0 spiro atoms. The third-order valence-electron chi connectivity index (χ3n) is 7.19. The van der Waals surface area contributed by atoms with Crippen LogP contribution in [-0.2, 0) is 32.3 Å². The van der Waals surface area contributed by atoms with Crippen LogP contribution in [0.4, 0.5) is 0 Å². The minimum Gasteiger partial charge on any atom is -0.494 e. The lowest BCUT2D eigenvalue weighted by molar-refractivity contribution is -0.138. The fourth-order valence-electron chi connectivity index (χ4n) is 4.94. The van der Waals surface area contributed by atoms with Crippen molar-refractivity contribution in [3.8, 4) is 22.6 Å². The van der Waals surface area contributed by atoms with E-state index in [1.54, 1.807) is 35.0 Å². The lowest BCUT2D eigenvalue weighted by Crippen LogP contribution is -2.07. The van der Waals surface area contributed by atoms with Gasteiger partial charge in [-0.15, -0.1) is 11.3 Å². The SMILES string of the molecule is CS(=O)(=O)c1cc(OCCCCCCc2cccc(OCCCC(=O)O)c2CCC(=O)O)cc(-c2ccc3scnc3c2)c1. The predicted octanol–water partition coefficient (Wildman–Crippen LogP) is 6.81. The normalized spacial score (nSPS) is 11.5. The number of carbonyl (C=O) groups is 2. The number of benzene rings is 3. The van der Waals surface area contributed by atoms with E-state index in [2.05, 4.69) is 4.98 Å². The maximum absolute atomic E-state index is 12.4. The van der Waals surface area contributed by atoms with Gasteiger partial charge in [0.2, 0.25) is 0 Å². The molecule has 0 atom stereocenters. The molecule has 44 heavy (non-hydrogen) atoms. The number of nitrogens with zero attached hydrogens (tertiary/aromatic N) is 1. The fourth-order valence-corrected chi connectivity index (χ4v) is 6.27. The van der Waals surface area contributed by atoms with E-state index in [0.717, 1.165) is 64.6 Å². The highest BCUT2D eigenvalue weighted by Crippen LogP contribution is 2.31. The molecule has 0 fully saturated rings. The number of aryl methyl sites for hydroxylation is 1. The van der Waals surface area contributed by atoms with Gasteiger partial charge in [-0.25, -0.2) is 13.4 Å². The van der Waals surface area contributed by atoms with E-state index in [1.165, 1.54) is 6.26 Å². The summed E-state index contributed by atoms with van der Waals surface area (Å²) in [6.07, 6.45) is 6.23. The first-order valence-electron chi connectivity index (χ1n) is 14.6. The Morgan fingerprint density at radius 3 is 2.36 bits per heavy atom. The number of rotatable bonds is 18. The highest BCUT2D eigenvalue weighted by Gasteiger charge is 2.14. The minimum absolute atomic E-state index is 0.0123. The molecule has 4 rings (SSSR count). The molecule has 0 aliphatic rings. The number of hydrogen-bond donors (Lipinski definition) is 2. The van der Waals surface area contributed by atoms with Crippen LogP contribution in [0.2, 0.25) is 0 Å². The quantitative estimate of drug-likeness (QED) is 0.112. The van der Waals surface area contributed by atoms with Crippen molar-refractivity contribution >= 4 is 43.3 Å². The van der Waals surface area contributed by atoms with Crippen LogP contribution in [0.5, 0.6) is 11.5 Å². The second-order valence-corrected chi connectivity index (χ2v) is 13.5. The Labute approximate surface area is 261 Å². The molecular weight excluding hydrogens is 602 g/mol. The summed E-state index contributed by atoms with van der Waals surface area (Å²) in [6, 6.07) is 16.7. The number of aromatic nitrogens is 1. The second-order valence-electron chi connectivity index (χ2n) is 10.6. The van der Waals surface area contributed by atoms with Crippen molar-refractivity contribution in [3.63, 3.8) is 0 Å². The molecule has 1 heterocycles. The van der Waals surface area contributed by atoms with E-state index in [4.69, 9.17) is 14.6 Å². The van der Waals surface area contributed by atoms with E-state index in [1.807, 2.05) is 36.4 Å². The first kappa shape index (κ1) is 32.9. The summed E-state index contributed by atoms with van der Waals surface area (Å²) >= 11 is 1.55. The zero-order valence-corrected chi connectivity index (χ0v) is 26.3. The Kier molecular flexibility index (Phi) is 11.7. The molecule has 0 aliphatic carbocycles. The number of hydrogen-bond acceptors (Lipinski definition) is 8. The van der Waals surface area contributed by atoms with Gasteiger partial charge in [-0.1, -0.05) is 31.0 Å². The number of aliphatic carboxylic acids is 2. The number of carboxylic acids is 2. The van der Waals surface area contributed by atoms with Crippen LogP contribution in [0.25, 0.3) is 21.3 Å². The summed E-state index contributed by atoms with van der Waals surface area (Å²) in [5, 5.41) is 18.1. The van der Waals surface area contributed by atoms with Crippen molar-refractivity contribution in [2.45, 2.75) is 62.7 Å². The van der Waals surface area contributed by atoms with Crippen LogP contribution in [0, 0.1) is 0 Å². The summed E-state index contributed by atoms with van der Waals surface area (Å²) < 4.78 is 37.7. The van der Waals surface area contributed by atoms with Gasteiger partial charge in [0, 0.05) is 19.1 Å². The van der Waals surface area contributed by atoms with Crippen LogP contribution in [0.3, 0.4) is 0 Å². The summed E-state index contributed by atoms with van der Waals surface area (Å²) in [7, 11) is -3.44. The maximum Gasteiger partial charge on any atom is 0.303 e. The van der Waals surface area contributed by atoms with Gasteiger partial charge in [0.1, 0.15) is 11.5 Å². The number of carboxylic acid groups (broad SMARTS) is 2. The number of thiazole rings is 1. The lowest BCUT2D eigenvalue weighted by atomic mass is 9.97. The second kappa shape index (κ2) is 15.7. The average molecular weight is 640 g/mol. The van der Waals surface area contributed by atoms with Gasteiger partial charge in [0.15, 0.2) is 9.84 Å². The van der Waals surface area contributed by atoms with E-state index in [-0.39, 0.29) is 24.3 Å². The standard InChI is InChI=1S/C33H37NO8S2/c1-44(39,40)27-19-25(24-12-14-31-29(20-24)34-22-43-31)18-26(21-27)41-16-5-3-2-4-8-23-9-6-10-30(28(23)13-15-33(37)38)42-17-7-11-32(35)36/h6,9-10,12,14,18-22H,2-5,7-8,11,13,15-17H2,1H3,(H,35,36)(H,37,38). The largest absolute Gasteiger partial charge is 0.494 e. The van der Waals surface area contributed by atoms with Crippen LogP contribution in [-0.4, -0.2) is 55.0 Å². The van der Waals surface area contributed by atoms with Crippen molar-refractivity contribution in [3.05, 3.63) is 71.2 Å². The summed E-state index contributed by atoms with van der Waals surface area (Å²) in [4.78, 5) is 26.6. The molecule has 0 bridgehead atoms. The van der Waals surface area contributed by atoms with Gasteiger partial charge in [-0.05, 0) is 90.8 Å². The minimum atomic E-state index is -3.44. The van der Waals surface area contributed by atoms with E-state index in [9.17, 15) is 23.1 Å². The zero-order valence-electron chi connectivity index (χ0n) is 24.7. The summed E-state index contributed by atoms with van der Waals surface area (Å²) in [5.41, 5.74) is 6.18. The molecular formula is C33H37NO8S2. The molecule has 0 unspecified atom stereocenters. The van der Waals surface area contributed by atoms with Crippen LogP contribution in [0.15, 0.2) is 65.0 Å². The van der Waals surface area contributed by atoms with E-state index < -0.39 is 21.8 Å². The Hall–Kier alpha value is -3.96. The van der Waals surface area contributed by atoms with Gasteiger partial charge in [0.25, 0.3) is 0 Å². The van der Waals surface area contributed by atoms with Gasteiger partial charge in [0.05, 0.1) is 33.8 Å². The number of sulfone groups is 1. The first-order valence-corrected chi connectivity index (χ1v) is 17.4. The van der Waals surface area contributed by atoms with Crippen LogP contribution < -0.4 is 9.47 Å². The number of fused-ring (bicyclic) bond motifs is 1. The molecule has 0 amide bonds. The topological polar surface area (TPSA) is 140 Å². The van der Waals surface area contributed by atoms with E-state index in [0.29, 0.717) is 30.9 Å². The molecule has 0 saturated carbocycles. The van der Waals surface area contributed by atoms with Gasteiger partial charge in [-0.2, -0.15) is 0 Å². The van der Waals surface area contributed by atoms with Gasteiger partial charge >= 0.3 is 11.9 Å². The van der Waals surface area contributed by atoms with Crippen molar-refractivity contribution in [1.82, 2.24) is 4.98 Å². The molecule has 4 aromatic rings. The van der Waals surface area contributed by atoms with Crippen molar-refractivity contribution in [1.29, 1.82) is 0 Å². The summed E-state index contributed by atoms with van der Waals surface area (Å²) in [6.45, 7) is 0.701. The molecule has 11 heteroatoms. The Bertz CT molecular complexity index is 1700. The summed E-state index contributed by atoms with van der Waals surface area (Å²) in [5.74, 6) is -0.642. The lowest BCUT2D eigenvalue weighted by Gasteiger charge is -2.15. The molecule has 234 valence electrons. The van der Waals surface area contributed by atoms with E-state index >= 15 is 0 Å². The third kappa shape index (κ3) is 9.78. The van der Waals surface area contributed by atoms with Crippen molar-refractivity contribution in [2.75, 3.05) is 19.5 Å². The molecule has 0 radical (unpaired) electrons. The molecule has 1 aromatic heterocycles. The monoisotopic (exact) mass is 639 g/mol. The number of unbranched alkanes of at least 4 members (excludes halogenated alkanes) is 3. The van der Waals surface area contributed by atoms with Crippen molar-refractivity contribution < 1.29 is 37.7 Å². The zero-order chi connectivity index (χ0) is 31.5. The van der Waals surface area contributed by atoms with Crippen molar-refractivity contribution in [2.24, 2.45) is 0 Å². The Morgan fingerprint density at radius 2 is 1.59 bits per heavy atom. The third-order valence-corrected chi connectivity index (χ3v) is 9.09. The smallest absolute Gasteiger partial charge is 0.303 e. The number of ether oxygens (including phenoxy) is 2. The van der Waals surface area contributed by atoms with Crippen LogP contribution in [0.1, 0.15) is 56.1 Å². The molecule has 0 saturated heterocycles. The first-order chi connectivity index (χ1) is 21.1. The highest BCUT2D eigenvalue weighted by atomic mass is 32.2. The highest BCUT2D eigenvalue weighted by molar-refractivity contribution is 7.90. The molecule has 0 aliphatic heterocycles. The fraction of sp³-hybridized carbons (Fsp3) is 0.364. The van der Waals surface area contributed by atoms with Gasteiger partial charge in [-0.3, -0.25) is 9.59 Å². The molecule has 2 N–H and O–H groups in total. The average Bonchev–Trinajstić information content (AvgIpc) is 3.45. The van der Waals surface area contributed by atoms with Crippen LogP contribution >= 0.6 is 11.3 Å². The van der Waals surface area contributed by atoms with Gasteiger partial charge < -0.3 is 19.7 Å².